The zero-order chi connectivity index (χ0) is 12.8. The first kappa shape index (κ1) is 13.5. The molecule has 0 N–H and O–H groups in total. The van der Waals surface area contributed by atoms with Crippen LogP contribution in [0, 0.1) is 5.82 Å². The maximum Gasteiger partial charge on any atom is 0.123 e. The van der Waals surface area contributed by atoms with Gasteiger partial charge in [0.05, 0.1) is 7.11 Å². The van der Waals surface area contributed by atoms with Gasteiger partial charge in [-0.15, -0.1) is 0 Å². The maximum absolute atomic E-state index is 12.9. The molecule has 0 aliphatic heterocycles. The highest BCUT2D eigenvalue weighted by molar-refractivity contribution is 5.30. The SMILES string of the molecule is C=C/C(OC)=C(\C)[C@H](OC)c1ccc(F)cc1. The second-order valence-corrected chi connectivity index (χ2v) is 3.62. The first-order valence-corrected chi connectivity index (χ1v) is 5.29. The molecule has 17 heavy (non-hydrogen) atoms. The van der Waals surface area contributed by atoms with Crippen molar-refractivity contribution in [1.29, 1.82) is 0 Å². The summed E-state index contributed by atoms with van der Waals surface area (Å²) in [5.41, 5.74) is 1.78. The molecule has 0 radical (unpaired) electrons. The van der Waals surface area contributed by atoms with Gasteiger partial charge in [0.2, 0.25) is 0 Å². The highest BCUT2D eigenvalue weighted by Crippen LogP contribution is 2.27. The fourth-order valence-corrected chi connectivity index (χ4v) is 1.73. The lowest BCUT2D eigenvalue weighted by Gasteiger charge is -2.18. The van der Waals surface area contributed by atoms with E-state index in [2.05, 4.69) is 6.58 Å². The number of ether oxygens (including phenoxy) is 2. The van der Waals surface area contributed by atoms with Crippen molar-refractivity contribution in [3.05, 3.63) is 59.6 Å². The van der Waals surface area contributed by atoms with Gasteiger partial charge in [-0.25, -0.2) is 4.39 Å². The Labute approximate surface area is 101 Å². The third-order valence-corrected chi connectivity index (χ3v) is 2.60. The number of methoxy groups -OCH3 is 2. The van der Waals surface area contributed by atoms with Gasteiger partial charge in [-0.2, -0.15) is 0 Å². The molecular formula is C14H17FO2. The zero-order valence-corrected chi connectivity index (χ0v) is 10.4. The number of rotatable bonds is 5. The van der Waals surface area contributed by atoms with E-state index in [1.807, 2.05) is 6.92 Å². The number of benzene rings is 1. The Morgan fingerprint density at radius 3 is 2.29 bits per heavy atom. The molecule has 0 spiro atoms. The van der Waals surface area contributed by atoms with Gasteiger partial charge < -0.3 is 9.47 Å². The molecule has 0 amide bonds. The molecule has 1 aromatic carbocycles. The zero-order valence-electron chi connectivity index (χ0n) is 10.4. The molecule has 0 bridgehead atoms. The lowest BCUT2D eigenvalue weighted by atomic mass is 10.0. The molecule has 1 rings (SSSR count). The largest absolute Gasteiger partial charge is 0.497 e. The van der Waals surface area contributed by atoms with Crippen molar-refractivity contribution in [3.8, 4) is 0 Å². The van der Waals surface area contributed by atoms with Crippen LogP contribution in [0.3, 0.4) is 0 Å². The summed E-state index contributed by atoms with van der Waals surface area (Å²) >= 11 is 0. The van der Waals surface area contributed by atoms with E-state index in [0.29, 0.717) is 5.76 Å². The van der Waals surface area contributed by atoms with Crippen LogP contribution in [0.15, 0.2) is 48.3 Å². The number of halogens is 1. The Morgan fingerprint density at radius 1 is 1.29 bits per heavy atom. The van der Waals surface area contributed by atoms with Gasteiger partial charge in [0.1, 0.15) is 17.7 Å². The molecule has 1 atom stereocenters. The fourth-order valence-electron chi connectivity index (χ4n) is 1.73. The van der Waals surface area contributed by atoms with Crippen LogP contribution in [-0.2, 0) is 9.47 Å². The second kappa shape index (κ2) is 6.21. The molecule has 0 heterocycles. The standard InChI is InChI=1S/C14H17FO2/c1-5-13(16-3)10(2)14(17-4)11-6-8-12(15)9-7-11/h5-9,14H,1H2,2-4H3/b13-10-/t14-/m0/s1. The van der Waals surface area contributed by atoms with Gasteiger partial charge in [-0.1, -0.05) is 18.7 Å². The van der Waals surface area contributed by atoms with E-state index in [-0.39, 0.29) is 11.9 Å². The molecule has 2 nitrogen and oxygen atoms in total. The lowest BCUT2D eigenvalue weighted by molar-refractivity contribution is 0.127. The van der Waals surface area contributed by atoms with Gasteiger partial charge in [0.25, 0.3) is 0 Å². The number of hydrogen-bond donors (Lipinski definition) is 0. The van der Waals surface area contributed by atoms with E-state index in [1.165, 1.54) is 12.1 Å². The molecule has 0 unspecified atom stereocenters. The van der Waals surface area contributed by atoms with Gasteiger partial charge in [-0.3, -0.25) is 0 Å². The Balaban J connectivity index is 3.11. The summed E-state index contributed by atoms with van der Waals surface area (Å²) in [6.07, 6.45) is 1.37. The van der Waals surface area contributed by atoms with Gasteiger partial charge in [0.15, 0.2) is 0 Å². The maximum atomic E-state index is 12.9. The van der Waals surface area contributed by atoms with Crippen LogP contribution in [0.25, 0.3) is 0 Å². The van der Waals surface area contributed by atoms with Gasteiger partial charge >= 0.3 is 0 Å². The molecule has 0 fully saturated rings. The average molecular weight is 236 g/mol. The second-order valence-electron chi connectivity index (χ2n) is 3.62. The highest BCUT2D eigenvalue weighted by Gasteiger charge is 2.16. The molecule has 0 aromatic heterocycles. The molecule has 1 aromatic rings. The summed E-state index contributed by atoms with van der Waals surface area (Å²) < 4.78 is 23.5. The Morgan fingerprint density at radius 2 is 1.88 bits per heavy atom. The predicted molar refractivity (Wildman–Crippen MR) is 66.1 cm³/mol. The predicted octanol–water partition coefficient (Wildman–Crippen LogP) is 3.62. The average Bonchev–Trinajstić information content (AvgIpc) is 2.34. The molecule has 0 saturated heterocycles. The van der Waals surface area contributed by atoms with Crippen molar-refractivity contribution in [1.82, 2.24) is 0 Å². The van der Waals surface area contributed by atoms with Crippen LogP contribution >= 0.6 is 0 Å². The summed E-state index contributed by atoms with van der Waals surface area (Å²) in [5.74, 6) is 0.405. The monoisotopic (exact) mass is 236 g/mol. The van der Waals surface area contributed by atoms with Crippen molar-refractivity contribution in [3.63, 3.8) is 0 Å². The molecular weight excluding hydrogens is 219 g/mol. The van der Waals surface area contributed by atoms with Crippen molar-refractivity contribution in [2.45, 2.75) is 13.0 Å². The van der Waals surface area contributed by atoms with E-state index >= 15 is 0 Å². The Hall–Kier alpha value is -1.61. The summed E-state index contributed by atoms with van der Waals surface area (Å²) in [6, 6.07) is 6.22. The first-order valence-electron chi connectivity index (χ1n) is 5.29. The normalized spacial score (nSPS) is 13.9. The minimum atomic E-state index is -0.263. The molecule has 0 aliphatic carbocycles. The fraction of sp³-hybridized carbons (Fsp3) is 0.286. The van der Waals surface area contributed by atoms with Crippen LogP contribution in [0.2, 0.25) is 0 Å². The summed E-state index contributed by atoms with van der Waals surface area (Å²) in [7, 11) is 3.19. The minimum Gasteiger partial charge on any atom is -0.497 e. The van der Waals surface area contributed by atoms with Crippen LogP contribution in [0.5, 0.6) is 0 Å². The molecule has 92 valence electrons. The summed E-state index contributed by atoms with van der Waals surface area (Å²) in [5, 5.41) is 0. The van der Waals surface area contributed by atoms with Gasteiger partial charge in [-0.05, 0) is 30.7 Å². The van der Waals surface area contributed by atoms with Crippen LogP contribution in [0.4, 0.5) is 4.39 Å². The Kier molecular flexibility index (Phi) is 4.91. The molecule has 0 aliphatic rings. The van der Waals surface area contributed by atoms with Crippen molar-refractivity contribution < 1.29 is 13.9 Å². The molecule has 0 saturated carbocycles. The van der Waals surface area contributed by atoms with Gasteiger partial charge in [0, 0.05) is 12.7 Å². The van der Waals surface area contributed by atoms with E-state index in [9.17, 15) is 4.39 Å². The summed E-state index contributed by atoms with van der Waals surface area (Å²) in [6.45, 7) is 5.58. The Bertz CT molecular complexity index is 407. The quantitative estimate of drug-likeness (QED) is 0.574. The van der Waals surface area contributed by atoms with Crippen LogP contribution in [0.1, 0.15) is 18.6 Å². The van der Waals surface area contributed by atoms with Crippen LogP contribution < -0.4 is 0 Å². The summed E-state index contributed by atoms with van der Waals surface area (Å²) in [4.78, 5) is 0. The van der Waals surface area contributed by atoms with Crippen molar-refractivity contribution >= 4 is 0 Å². The first-order chi connectivity index (χ1) is 8.13. The third kappa shape index (κ3) is 3.17. The lowest BCUT2D eigenvalue weighted by Crippen LogP contribution is -2.06. The smallest absolute Gasteiger partial charge is 0.123 e. The van der Waals surface area contributed by atoms with Crippen LogP contribution in [-0.4, -0.2) is 14.2 Å². The highest BCUT2D eigenvalue weighted by atomic mass is 19.1. The van der Waals surface area contributed by atoms with E-state index in [1.54, 1.807) is 32.4 Å². The number of hydrogen-bond acceptors (Lipinski definition) is 2. The number of allylic oxidation sites excluding steroid dienone is 1. The van der Waals surface area contributed by atoms with E-state index in [0.717, 1.165) is 11.1 Å². The van der Waals surface area contributed by atoms with E-state index < -0.39 is 0 Å². The third-order valence-electron chi connectivity index (χ3n) is 2.60. The van der Waals surface area contributed by atoms with E-state index in [4.69, 9.17) is 9.47 Å². The van der Waals surface area contributed by atoms with Crippen molar-refractivity contribution in [2.75, 3.05) is 14.2 Å². The van der Waals surface area contributed by atoms with Crippen molar-refractivity contribution in [2.24, 2.45) is 0 Å². The topological polar surface area (TPSA) is 18.5 Å². The molecule has 3 heteroatoms. The minimum absolute atomic E-state index is 0.261.